The lowest BCUT2D eigenvalue weighted by Gasteiger charge is -2.34. The maximum Gasteiger partial charge on any atom is 0.222 e. The summed E-state index contributed by atoms with van der Waals surface area (Å²) < 4.78 is 5.94. The Bertz CT molecular complexity index is 1230. The number of ether oxygens (including phenoxy) is 1. The van der Waals surface area contributed by atoms with Gasteiger partial charge in [-0.05, 0) is 36.4 Å². The summed E-state index contributed by atoms with van der Waals surface area (Å²) in [4.78, 5) is 25.4. The van der Waals surface area contributed by atoms with Crippen LogP contribution in [0.1, 0.15) is 19.0 Å². The van der Waals surface area contributed by atoms with Crippen LogP contribution < -0.4 is 4.74 Å². The highest BCUT2D eigenvalue weighted by Gasteiger charge is 2.20. The van der Waals surface area contributed by atoms with Gasteiger partial charge in [-0.15, -0.1) is 0 Å². The van der Waals surface area contributed by atoms with Gasteiger partial charge in [0.25, 0.3) is 0 Å². The third-order valence-electron chi connectivity index (χ3n) is 5.90. The maximum absolute atomic E-state index is 11.9. The minimum Gasteiger partial charge on any atom is -0.439 e. The van der Waals surface area contributed by atoms with E-state index in [1.54, 1.807) is 12.4 Å². The molecule has 8 heteroatoms. The Morgan fingerprint density at radius 2 is 1.94 bits per heavy atom. The van der Waals surface area contributed by atoms with Gasteiger partial charge < -0.3 is 9.64 Å². The van der Waals surface area contributed by atoms with Gasteiger partial charge in [0.2, 0.25) is 11.8 Å². The SMILES string of the molecule is CCC(=O)N1CCN(Cc2ccc3cc(Oc4ccc(-c5ccn[nH]5)cn4)ccc3n2)CC1. The monoisotopic (exact) mass is 442 g/mol. The van der Waals surface area contributed by atoms with Crippen molar-refractivity contribution in [3.05, 3.63) is 66.6 Å². The van der Waals surface area contributed by atoms with Crippen LogP contribution >= 0.6 is 0 Å². The molecule has 1 aromatic carbocycles. The Morgan fingerprint density at radius 3 is 2.67 bits per heavy atom. The van der Waals surface area contributed by atoms with Crippen LogP contribution in [0.4, 0.5) is 0 Å². The normalized spacial score (nSPS) is 14.5. The van der Waals surface area contributed by atoms with Gasteiger partial charge in [-0.1, -0.05) is 13.0 Å². The van der Waals surface area contributed by atoms with Crippen molar-refractivity contribution in [2.75, 3.05) is 26.2 Å². The molecule has 1 saturated heterocycles. The van der Waals surface area contributed by atoms with Crippen molar-refractivity contribution < 1.29 is 9.53 Å². The second-order valence-corrected chi connectivity index (χ2v) is 8.13. The highest BCUT2D eigenvalue weighted by Crippen LogP contribution is 2.26. The van der Waals surface area contributed by atoms with E-state index in [1.807, 2.05) is 48.2 Å². The van der Waals surface area contributed by atoms with E-state index in [0.29, 0.717) is 12.3 Å². The average molecular weight is 443 g/mol. The number of H-pyrrole nitrogens is 1. The molecule has 0 unspecified atom stereocenters. The number of carbonyl (C=O) groups is 1. The molecule has 1 aliphatic rings. The predicted octanol–water partition coefficient (Wildman–Crippen LogP) is 3.87. The van der Waals surface area contributed by atoms with Crippen LogP contribution in [0.5, 0.6) is 11.6 Å². The number of hydrogen-bond acceptors (Lipinski definition) is 6. The molecule has 0 saturated carbocycles. The quantitative estimate of drug-likeness (QED) is 0.488. The van der Waals surface area contributed by atoms with Crippen molar-refractivity contribution in [3.8, 4) is 22.9 Å². The zero-order valence-corrected chi connectivity index (χ0v) is 18.6. The highest BCUT2D eigenvalue weighted by atomic mass is 16.5. The third-order valence-corrected chi connectivity index (χ3v) is 5.90. The number of aromatic nitrogens is 4. The van der Waals surface area contributed by atoms with Crippen LogP contribution in [0.15, 0.2) is 60.9 Å². The van der Waals surface area contributed by atoms with Crippen LogP contribution in [0.2, 0.25) is 0 Å². The molecular formula is C25H26N6O2. The molecule has 1 amide bonds. The first kappa shape index (κ1) is 21.1. The molecule has 4 heterocycles. The fraction of sp³-hybridized carbons (Fsp3) is 0.280. The van der Waals surface area contributed by atoms with E-state index in [4.69, 9.17) is 9.72 Å². The smallest absolute Gasteiger partial charge is 0.222 e. The molecule has 8 nitrogen and oxygen atoms in total. The molecule has 3 aromatic heterocycles. The van der Waals surface area contributed by atoms with Crippen LogP contribution in [-0.2, 0) is 11.3 Å². The van der Waals surface area contributed by atoms with Crippen molar-refractivity contribution >= 4 is 16.8 Å². The fourth-order valence-corrected chi connectivity index (χ4v) is 4.04. The summed E-state index contributed by atoms with van der Waals surface area (Å²) in [5.41, 5.74) is 3.83. The first-order valence-corrected chi connectivity index (χ1v) is 11.2. The van der Waals surface area contributed by atoms with E-state index in [-0.39, 0.29) is 5.91 Å². The van der Waals surface area contributed by atoms with E-state index in [1.165, 1.54) is 0 Å². The van der Waals surface area contributed by atoms with Gasteiger partial charge in [0.05, 0.1) is 16.9 Å². The largest absolute Gasteiger partial charge is 0.439 e. The molecular weight excluding hydrogens is 416 g/mol. The second-order valence-electron chi connectivity index (χ2n) is 8.13. The van der Waals surface area contributed by atoms with Gasteiger partial charge in [-0.25, -0.2) is 4.98 Å². The van der Waals surface area contributed by atoms with Crippen LogP contribution in [0, 0.1) is 0 Å². The van der Waals surface area contributed by atoms with Crippen molar-refractivity contribution in [2.45, 2.75) is 19.9 Å². The molecule has 1 N–H and O–H groups in total. The third kappa shape index (κ3) is 4.85. The van der Waals surface area contributed by atoms with Gasteiger partial charge in [0.15, 0.2) is 0 Å². The lowest BCUT2D eigenvalue weighted by atomic mass is 10.2. The molecule has 0 bridgehead atoms. The average Bonchev–Trinajstić information content (AvgIpc) is 3.40. The van der Waals surface area contributed by atoms with E-state index in [2.05, 4.69) is 32.2 Å². The number of fused-ring (bicyclic) bond motifs is 1. The first-order valence-electron chi connectivity index (χ1n) is 11.2. The Hall–Kier alpha value is -3.78. The van der Waals surface area contributed by atoms with Crippen molar-refractivity contribution in [1.82, 2.24) is 30.0 Å². The van der Waals surface area contributed by atoms with Crippen LogP contribution in [0.25, 0.3) is 22.2 Å². The fourth-order valence-electron chi connectivity index (χ4n) is 4.04. The molecule has 168 valence electrons. The Morgan fingerprint density at radius 1 is 1.06 bits per heavy atom. The van der Waals surface area contributed by atoms with E-state index in [9.17, 15) is 4.79 Å². The summed E-state index contributed by atoms with van der Waals surface area (Å²) in [6.45, 7) is 6.04. The number of amides is 1. The Balaban J connectivity index is 1.22. The first-order chi connectivity index (χ1) is 16.2. The number of carbonyl (C=O) groups excluding carboxylic acids is 1. The van der Waals surface area contributed by atoms with Gasteiger partial charge >= 0.3 is 0 Å². The molecule has 1 aliphatic heterocycles. The van der Waals surface area contributed by atoms with Crippen LogP contribution in [-0.4, -0.2) is 62.1 Å². The minimum atomic E-state index is 0.237. The lowest BCUT2D eigenvalue weighted by molar-refractivity contribution is -0.132. The Labute approximate surface area is 192 Å². The number of nitrogens with zero attached hydrogens (tertiary/aromatic N) is 5. The van der Waals surface area contributed by atoms with E-state index < -0.39 is 0 Å². The summed E-state index contributed by atoms with van der Waals surface area (Å²) in [5, 5.41) is 7.90. The summed E-state index contributed by atoms with van der Waals surface area (Å²) in [5.74, 6) is 1.49. The molecule has 1 fully saturated rings. The number of nitrogens with one attached hydrogen (secondary N) is 1. The predicted molar refractivity (Wildman–Crippen MR) is 126 cm³/mol. The zero-order valence-electron chi connectivity index (χ0n) is 18.6. The standard InChI is InChI=1S/C25H26N6O2/c1-2-25(32)31-13-11-30(12-14-31)17-20-5-3-18-15-21(6-7-22(18)28-20)33-24-8-4-19(16-26-24)23-9-10-27-29-23/h3-10,15-16H,2,11-14,17H2,1H3,(H,27,29). The molecule has 0 aliphatic carbocycles. The van der Waals surface area contributed by atoms with Gasteiger partial charge in [-0.3, -0.25) is 19.8 Å². The number of hydrogen-bond donors (Lipinski definition) is 1. The number of piperazine rings is 1. The molecule has 0 atom stereocenters. The Kier molecular flexibility index (Phi) is 5.99. The molecule has 0 spiro atoms. The zero-order chi connectivity index (χ0) is 22.6. The number of rotatable bonds is 6. The minimum absolute atomic E-state index is 0.237. The molecule has 33 heavy (non-hydrogen) atoms. The van der Waals surface area contributed by atoms with E-state index >= 15 is 0 Å². The lowest BCUT2D eigenvalue weighted by Crippen LogP contribution is -2.48. The summed E-state index contributed by atoms with van der Waals surface area (Å²) in [6.07, 6.45) is 4.05. The number of pyridine rings is 2. The molecule has 5 rings (SSSR count). The molecule has 4 aromatic rings. The summed E-state index contributed by atoms with van der Waals surface area (Å²) in [6, 6.07) is 15.7. The van der Waals surface area contributed by atoms with Crippen molar-refractivity contribution in [1.29, 1.82) is 0 Å². The number of aromatic amines is 1. The van der Waals surface area contributed by atoms with Crippen LogP contribution in [0.3, 0.4) is 0 Å². The summed E-state index contributed by atoms with van der Waals surface area (Å²) in [7, 11) is 0. The second kappa shape index (κ2) is 9.38. The van der Waals surface area contributed by atoms with Gasteiger partial charge in [0, 0.05) is 68.6 Å². The van der Waals surface area contributed by atoms with Crippen molar-refractivity contribution in [3.63, 3.8) is 0 Å². The van der Waals surface area contributed by atoms with E-state index in [0.717, 1.165) is 66.3 Å². The topological polar surface area (TPSA) is 87.2 Å². The maximum atomic E-state index is 11.9. The number of benzene rings is 1. The van der Waals surface area contributed by atoms with Gasteiger partial charge in [0.1, 0.15) is 5.75 Å². The molecule has 0 radical (unpaired) electrons. The summed E-state index contributed by atoms with van der Waals surface area (Å²) >= 11 is 0. The van der Waals surface area contributed by atoms with Crippen molar-refractivity contribution in [2.24, 2.45) is 0 Å². The highest BCUT2D eigenvalue weighted by molar-refractivity contribution is 5.80. The van der Waals surface area contributed by atoms with Gasteiger partial charge in [-0.2, -0.15) is 5.10 Å².